The number of carbonyl (C=O) groups is 1. The van der Waals surface area contributed by atoms with E-state index in [0.717, 1.165) is 11.7 Å². The molecule has 0 aliphatic carbocycles. The van der Waals surface area contributed by atoms with Gasteiger partial charge in [-0.3, -0.25) is 10.1 Å². The van der Waals surface area contributed by atoms with Gasteiger partial charge < -0.3 is 19.1 Å². The molecule has 0 saturated carbocycles. The van der Waals surface area contributed by atoms with Gasteiger partial charge in [0.15, 0.2) is 0 Å². The fourth-order valence-electron chi connectivity index (χ4n) is 4.25. The lowest BCUT2D eigenvalue weighted by atomic mass is 10.0. The number of hydrogen-bond acceptors (Lipinski definition) is 8. The number of carboxylic acids is 1. The molecule has 0 amide bonds. The molecule has 176 valence electrons. The van der Waals surface area contributed by atoms with Crippen molar-refractivity contribution < 1.29 is 24.3 Å². The number of hydrogen-bond donors (Lipinski definition) is 1. The third-order valence-electron chi connectivity index (χ3n) is 5.82. The molecular formula is C24H18N4O6S. The van der Waals surface area contributed by atoms with Crippen LogP contribution >= 0.6 is 11.7 Å². The molecule has 0 aliphatic rings. The first-order valence-electron chi connectivity index (χ1n) is 10.4. The van der Waals surface area contributed by atoms with E-state index in [1.807, 2.05) is 0 Å². The van der Waals surface area contributed by atoms with Crippen LogP contribution < -0.4 is 9.47 Å². The van der Waals surface area contributed by atoms with E-state index < -0.39 is 10.9 Å². The molecule has 0 saturated heterocycles. The molecule has 0 unspecified atom stereocenters. The topological polar surface area (TPSA) is 130 Å². The van der Waals surface area contributed by atoms with Gasteiger partial charge in [-0.1, -0.05) is 6.07 Å². The number of fused-ring (bicyclic) bond motifs is 2. The first-order valence-corrected chi connectivity index (χ1v) is 11.1. The van der Waals surface area contributed by atoms with Crippen LogP contribution in [0.5, 0.6) is 11.5 Å². The highest BCUT2D eigenvalue weighted by atomic mass is 32.1. The Labute approximate surface area is 202 Å². The number of rotatable bonds is 7. The van der Waals surface area contributed by atoms with Gasteiger partial charge in [0.2, 0.25) is 0 Å². The van der Waals surface area contributed by atoms with Crippen molar-refractivity contribution in [1.82, 2.24) is 13.3 Å². The first kappa shape index (κ1) is 22.3. The average Bonchev–Trinajstić information content (AvgIpc) is 3.45. The summed E-state index contributed by atoms with van der Waals surface area (Å²) in [6.45, 7) is 0.136. The second-order valence-electron chi connectivity index (χ2n) is 7.72. The Morgan fingerprint density at radius 1 is 1.06 bits per heavy atom. The number of carboxylic acid groups (broad SMARTS) is 1. The molecule has 0 bridgehead atoms. The maximum absolute atomic E-state index is 12.6. The number of benzene rings is 3. The fourth-order valence-corrected chi connectivity index (χ4v) is 4.77. The van der Waals surface area contributed by atoms with Gasteiger partial charge in [-0.15, -0.1) is 0 Å². The van der Waals surface area contributed by atoms with Crippen molar-refractivity contribution >= 4 is 45.3 Å². The van der Waals surface area contributed by atoms with Crippen LogP contribution in [0.4, 0.5) is 5.69 Å². The largest absolute Gasteiger partial charge is 0.497 e. The Bertz CT molecular complexity index is 1620. The van der Waals surface area contributed by atoms with E-state index >= 15 is 0 Å². The van der Waals surface area contributed by atoms with Crippen LogP contribution in [0.2, 0.25) is 0 Å². The second-order valence-corrected chi connectivity index (χ2v) is 8.25. The predicted molar refractivity (Wildman–Crippen MR) is 131 cm³/mol. The lowest BCUT2D eigenvalue weighted by Gasteiger charge is -2.14. The number of aromatic nitrogens is 3. The number of nitrogens with zero attached hydrogens (tertiary/aromatic N) is 4. The highest BCUT2D eigenvalue weighted by Crippen LogP contribution is 2.39. The van der Waals surface area contributed by atoms with Crippen LogP contribution in [0, 0.1) is 10.1 Å². The van der Waals surface area contributed by atoms with Crippen molar-refractivity contribution in [3.63, 3.8) is 0 Å². The Morgan fingerprint density at radius 3 is 2.57 bits per heavy atom. The summed E-state index contributed by atoms with van der Waals surface area (Å²) in [7, 11) is 3.07. The number of nitro groups is 1. The van der Waals surface area contributed by atoms with Gasteiger partial charge in [0.1, 0.15) is 28.2 Å². The van der Waals surface area contributed by atoms with Crippen molar-refractivity contribution in [3.8, 4) is 22.6 Å². The minimum atomic E-state index is -1.17. The summed E-state index contributed by atoms with van der Waals surface area (Å²) in [5.41, 5.74) is 3.32. The zero-order valence-corrected chi connectivity index (χ0v) is 19.4. The monoisotopic (exact) mass is 490 g/mol. The fraction of sp³-hybridized carbons (Fsp3) is 0.125. The van der Waals surface area contributed by atoms with Gasteiger partial charge in [-0.25, -0.2) is 4.79 Å². The standard InChI is InChI=1S/C24H18N4O6S/c1-33-16-5-8-21(34-2)14(9-16)12-27-20-7-4-15(28(31)32)11-17(20)22(23(27)24(29)30)13-3-6-18-19(10-13)26-35-25-18/h3-11H,12H2,1-2H3,(H,29,30). The van der Waals surface area contributed by atoms with E-state index in [2.05, 4.69) is 8.75 Å². The minimum absolute atomic E-state index is 0.00657. The number of aromatic carboxylic acids is 1. The predicted octanol–water partition coefficient (Wildman–Crippen LogP) is 4.98. The summed E-state index contributed by atoms with van der Waals surface area (Å²) in [6, 6.07) is 14.9. The molecule has 0 atom stereocenters. The van der Waals surface area contributed by atoms with Crippen LogP contribution in [0.1, 0.15) is 16.1 Å². The molecule has 3 aromatic carbocycles. The van der Waals surface area contributed by atoms with E-state index in [0.29, 0.717) is 50.1 Å². The van der Waals surface area contributed by atoms with Gasteiger partial charge in [0.05, 0.1) is 42.9 Å². The van der Waals surface area contributed by atoms with Crippen molar-refractivity contribution in [3.05, 3.63) is 76.0 Å². The molecule has 0 aliphatic heterocycles. The molecule has 1 N–H and O–H groups in total. The van der Waals surface area contributed by atoms with Gasteiger partial charge in [-0.2, -0.15) is 8.75 Å². The first-order chi connectivity index (χ1) is 16.9. The number of ether oxygens (including phenoxy) is 2. The Balaban J connectivity index is 1.82. The SMILES string of the molecule is COc1ccc(OC)c(Cn2c(C(=O)O)c(-c3ccc4nsnc4c3)c3cc([N+](=O)[O-])ccc32)c1. The van der Waals surface area contributed by atoms with Crippen LogP contribution in [0.25, 0.3) is 33.1 Å². The maximum Gasteiger partial charge on any atom is 0.353 e. The van der Waals surface area contributed by atoms with E-state index in [-0.39, 0.29) is 17.9 Å². The average molecular weight is 490 g/mol. The van der Waals surface area contributed by atoms with E-state index in [1.54, 1.807) is 54.1 Å². The zero-order chi connectivity index (χ0) is 24.7. The molecule has 0 spiro atoms. The molecule has 2 heterocycles. The van der Waals surface area contributed by atoms with Crippen LogP contribution in [0.3, 0.4) is 0 Å². The van der Waals surface area contributed by atoms with Crippen molar-refractivity contribution in [2.24, 2.45) is 0 Å². The summed E-state index contributed by atoms with van der Waals surface area (Å²) in [5.74, 6) is -0.0221. The normalized spacial score (nSPS) is 11.1. The minimum Gasteiger partial charge on any atom is -0.497 e. The lowest BCUT2D eigenvalue weighted by molar-refractivity contribution is -0.384. The highest BCUT2D eigenvalue weighted by Gasteiger charge is 2.26. The van der Waals surface area contributed by atoms with E-state index in [1.165, 1.54) is 19.2 Å². The summed E-state index contributed by atoms with van der Waals surface area (Å²) in [4.78, 5) is 23.7. The second kappa shape index (κ2) is 8.69. The summed E-state index contributed by atoms with van der Waals surface area (Å²) in [5, 5.41) is 22.3. The third kappa shape index (κ3) is 3.81. The smallest absolute Gasteiger partial charge is 0.353 e. The molecule has 35 heavy (non-hydrogen) atoms. The van der Waals surface area contributed by atoms with Crippen molar-refractivity contribution in [2.45, 2.75) is 6.54 Å². The molecule has 10 nitrogen and oxygen atoms in total. The number of non-ortho nitro benzene ring substituents is 1. The summed E-state index contributed by atoms with van der Waals surface area (Å²) < 4.78 is 20.9. The molecule has 5 aromatic rings. The van der Waals surface area contributed by atoms with E-state index in [4.69, 9.17) is 9.47 Å². The molecule has 0 radical (unpaired) electrons. The molecule has 5 rings (SSSR count). The number of nitro benzene ring substituents is 1. The Hall–Kier alpha value is -4.51. The summed E-state index contributed by atoms with van der Waals surface area (Å²) >= 11 is 1.06. The van der Waals surface area contributed by atoms with Crippen molar-refractivity contribution in [2.75, 3.05) is 14.2 Å². The Kier molecular flexibility index (Phi) is 5.53. The molecular weight excluding hydrogens is 472 g/mol. The van der Waals surface area contributed by atoms with Gasteiger partial charge in [0, 0.05) is 28.6 Å². The Morgan fingerprint density at radius 2 is 1.86 bits per heavy atom. The quantitative estimate of drug-likeness (QED) is 0.250. The molecule has 0 fully saturated rings. The third-order valence-corrected chi connectivity index (χ3v) is 6.38. The number of methoxy groups -OCH3 is 2. The van der Waals surface area contributed by atoms with E-state index in [9.17, 15) is 20.0 Å². The van der Waals surface area contributed by atoms with Crippen LogP contribution in [0.15, 0.2) is 54.6 Å². The zero-order valence-electron chi connectivity index (χ0n) is 18.6. The molecule has 2 aromatic heterocycles. The van der Waals surface area contributed by atoms with Crippen LogP contribution in [-0.4, -0.2) is 43.5 Å². The summed E-state index contributed by atoms with van der Waals surface area (Å²) in [6.07, 6.45) is 0. The highest BCUT2D eigenvalue weighted by molar-refractivity contribution is 7.00. The maximum atomic E-state index is 12.6. The van der Waals surface area contributed by atoms with Gasteiger partial charge in [-0.05, 0) is 42.0 Å². The van der Waals surface area contributed by atoms with Crippen LogP contribution in [-0.2, 0) is 6.54 Å². The van der Waals surface area contributed by atoms with Gasteiger partial charge >= 0.3 is 5.97 Å². The van der Waals surface area contributed by atoms with Gasteiger partial charge in [0.25, 0.3) is 5.69 Å². The van der Waals surface area contributed by atoms with Crippen molar-refractivity contribution in [1.29, 1.82) is 0 Å². The lowest BCUT2D eigenvalue weighted by Crippen LogP contribution is -2.11. The molecule has 11 heteroatoms.